The summed E-state index contributed by atoms with van der Waals surface area (Å²) >= 11 is 3.32. The normalized spacial score (nSPS) is 15.7. The van der Waals surface area contributed by atoms with Crippen LogP contribution in [0.4, 0.5) is 10.5 Å². The van der Waals surface area contributed by atoms with Crippen molar-refractivity contribution in [1.82, 2.24) is 5.32 Å². The SMILES string of the molecule is CCOc1cc(Br)cc(/C=C2\C(=O)NC(=O)N(c3cc(C)cc(C)c3)C2=O)c1O. The molecule has 1 saturated heterocycles. The van der Waals surface area contributed by atoms with Crippen molar-refractivity contribution in [1.29, 1.82) is 0 Å². The fraction of sp³-hybridized carbons (Fsp3) is 0.190. The Kier molecular flexibility index (Phi) is 5.74. The van der Waals surface area contributed by atoms with Gasteiger partial charge in [0.05, 0.1) is 12.3 Å². The van der Waals surface area contributed by atoms with Gasteiger partial charge in [0, 0.05) is 10.0 Å². The first kappa shape index (κ1) is 20.6. The maximum Gasteiger partial charge on any atom is 0.335 e. The van der Waals surface area contributed by atoms with E-state index in [0.717, 1.165) is 16.0 Å². The summed E-state index contributed by atoms with van der Waals surface area (Å²) in [5.74, 6) is -1.61. The predicted octanol–water partition coefficient (Wildman–Crippen LogP) is 3.84. The van der Waals surface area contributed by atoms with Crippen molar-refractivity contribution in [2.24, 2.45) is 0 Å². The number of benzene rings is 2. The van der Waals surface area contributed by atoms with Gasteiger partial charge >= 0.3 is 6.03 Å². The van der Waals surface area contributed by atoms with Crippen LogP contribution in [0, 0.1) is 13.8 Å². The van der Waals surface area contributed by atoms with Crippen LogP contribution in [0.1, 0.15) is 23.6 Å². The Balaban J connectivity index is 2.09. The molecule has 4 amide bonds. The maximum absolute atomic E-state index is 13.0. The first-order chi connectivity index (χ1) is 13.7. The average molecular weight is 459 g/mol. The van der Waals surface area contributed by atoms with Gasteiger partial charge in [0.2, 0.25) is 0 Å². The molecule has 1 heterocycles. The van der Waals surface area contributed by atoms with E-state index in [-0.39, 0.29) is 22.6 Å². The predicted molar refractivity (Wildman–Crippen MR) is 112 cm³/mol. The molecule has 0 aliphatic carbocycles. The summed E-state index contributed by atoms with van der Waals surface area (Å²) in [6.45, 7) is 5.79. The Labute approximate surface area is 176 Å². The first-order valence-corrected chi connectivity index (χ1v) is 9.65. The molecule has 8 heteroatoms. The number of carbonyl (C=O) groups excluding carboxylic acids is 3. The smallest absolute Gasteiger partial charge is 0.335 e. The van der Waals surface area contributed by atoms with Gasteiger partial charge in [-0.05, 0) is 62.2 Å². The number of halogens is 1. The first-order valence-electron chi connectivity index (χ1n) is 8.86. The van der Waals surface area contributed by atoms with E-state index in [1.807, 2.05) is 19.9 Å². The van der Waals surface area contributed by atoms with Gasteiger partial charge in [-0.3, -0.25) is 14.9 Å². The van der Waals surface area contributed by atoms with Gasteiger partial charge in [0.15, 0.2) is 11.5 Å². The lowest BCUT2D eigenvalue weighted by Crippen LogP contribution is -2.54. The molecular formula is C21H19BrN2O5. The minimum atomic E-state index is -0.835. The number of urea groups is 1. The molecule has 150 valence electrons. The number of carbonyl (C=O) groups is 3. The van der Waals surface area contributed by atoms with Crippen LogP contribution in [-0.4, -0.2) is 29.6 Å². The number of hydrogen-bond donors (Lipinski definition) is 2. The molecule has 1 fully saturated rings. The number of ether oxygens (including phenoxy) is 1. The fourth-order valence-corrected chi connectivity index (χ4v) is 3.55. The van der Waals surface area contributed by atoms with Gasteiger partial charge in [0.25, 0.3) is 11.8 Å². The van der Waals surface area contributed by atoms with Crippen molar-refractivity contribution >= 4 is 45.5 Å². The van der Waals surface area contributed by atoms with Gasteiger partial charge in [-0.1, -0.05) is 22.0 Å². The molecule has 29 heavy (non-hydrogen) atoms. The van der Waals surface area contributed by atoms with Crippen LogP contribution >= 0.6 is 15.9 Å². The second-order valence-electron chi connectivity index (χ2n) is 6.58. The minimum Gasteiger partial charge on any atom is -0.504 e. The highest BCUT2D eigenvalue weighted by atomic mass is 79.9. The molecule has 2 N–H and O–H groups in total. The second-order valence-corrected chi connectivity index (χ2v) is 7.49. The lowest BCUT2D eigenvalue weighted by atomic mass is 10.0. The van der Waals surface area contributed by atoms with Gasteiger partial charge in [-0.15, -0.1) is 0 Å². The van der Waals surface area contributed by atoms with E-state index in [2.05, 4.69) is 21.2 Å². The summed E-state index contributed by atoms with van der Waals surface area (Å²) in [5.41, 5.74) is 2.02. The zero-order valence-corrected chi connectivity index (χ0v) is 17.7. The average Bonchev–Trinajstić information content (AvgIpc) is 2.61. The number of amides is 4. The molecule has 0 unspecified atom stereocenters. The Bertz CT molecular complexity index is 1040. The Morgan fingerprint density at radius 1 is 1.10 bits per heavy atom. The Hall–Kier alpha value is -3.13. The van der Waals surface area contributed by atoms with Crippen molar-refractivity contribution in [2.75, 3.05) is 11.5 Å². The number of phenolic OH excluding ortho intramolecular Hbond substituents is 1. The fourth-order valence-electron chi connectivity index (χ4n) is 3.10. The van der Waals surface area contributed by atoms with Crippen molar-refractivity contribution in [3.8, 4) is 11.5 Å². The molecule has 0 saturated carbocycles. The number of phenols is 1. The van der Waals surface area contributed by atoms with Crippen molar-refractivity contribution in [3.63, 3.8) is 0 Å². The standard InChI is InChI=1S/C21H19BrN2O5/c1-4-29-17-10-14(22)8-13(18(17)25)9-16-19(26)23-21(28)24(20(16)27)15-6-11(2)5-12(3)7-15/h5-10,25H,4H2,1-3H3,(H,23,26,28)/b16-9+. The Morgan fingerprint density at radius 2 is 1.76 bits per heavy atom. The highest BCUT2D eigenvalue weighted by Crippen LogP contribution is 2.36. The van der Waals surface area contributed by atoms with E-state index >= 15 is 0 Å². The van der Waals surface area contributed by atoms with Gasteiger partial charge in [-0.2, -0.15) is 0 Å². The molecule has 0 atom stereocenters. The molecule has 3 rings (SSSR count). The third-order valence-corrected chi connectivity index (χ3v) is 4.69. The number of anilines is 1. The molecule has 0 radical (unpaired) electrons. The van der Waals surface area contributed by atoms with Crippen LogP contribution in [0.2, 0.25) is 0 Å². The quantitative estimate of drug-likeness (QED) is 0.535. The monoisotopic (exact) mass is 458 g/mol. The summed E-state index contributed by atoms with van der Waals surface area (Å²) in [7, 11) is 0. The Morgan fingerprint density at radius 3 is 2.38 bits per heavy atom. The van der Waals surface area contributed by atoms with Gasteiger partial charge in [-0.25, -0.2) is 9.69 Å². The molecule has 7 nitrogen and oxygen atoms in total. The number of rotatable bonds is 4. The maximum atomic E-state index is 13.0. The summed E-state index contributed by atoms with van der Waals surface area (Å²) in [6, 6.07) is 7.57. The third kappa shape index (κ3) is 4.17. The zero-order valence-electron chi connectivity index (χ0n) is 16.1. The molecule has 1 aliphatic rings. The number of imide groups is 2. The van der Waals surface area contributed by atoms with Crippen molar-refractivity contribution in [2.45, 2.75) is 20.8 Å². The van der Waals surface area contributed by atoms with Crippen molar-refractivity contribution in [3.05, 3.63) is 57.1 Å². The van der Waals surface area contributed by atoms with Crippen LogP contribution in [0.15, 0.2) is 40.4 Å². The summed E-state index contributed by atoms with van der Waals surface area (Å²) in [4.78, 5) is 38.7. The van der Waals surface area contributed by atoms with E-state index in [1.165, 1.54) is 6.08 Å². The second kappa shape index (κ2) is 8.08. The molecular weight excluding hydrogens is 440 g/mol. The largest absolute Gasteiger partial charge is 0.504 e. The van der Waals surface area contributed by atoms with Crippen molar-refractivity contribution < 1.29 is 24.2 Å². The van der Waals surface area contributed by atoms with E-state index in [9.17, 15) is 19.5 Å². The minimum absolute atomic E-state index is 0.205. The number of nitrogens with one attached hydrogen (secondary N) is 1. The topological polar surface area (TPSA) is 95.9 Å². The lowest BCUT2D eigenvalue weighted by molar-refractivity contribution is -0.122. The summed E-state index contributed by atoms with van der Waals surface area (Å²) < 4.78 is 5.97. The number of barbiturate groups is 1. The third-order valence-electron chi connectivity index (χ3n) is 4.24. The number of nitrogens with zero attached hydrogens (tertiary/aromatic N) is 1. The molecule has 0 aromatic heterocycles. The zero-order chi connectivity index (χ0) is 21.3. The molecule has 1 aliphatic heterocycles. The number of aryl methyl sites for hydroxylation is 2. The highest BCUT2D eigenvalue weighted by Gasteiger charge is 2.37. The van der Waals surface area contributed by atoms with Crippen LogP contribution in [0.25, 0.3) is 6.08 Å². The van der Waals surface area contributed by atoms with Gasteiger partial charge in [0.1, 0.15) is 5.57 Å². The van der Waals surface area contributed by atoms with Crippen LogP contribution in [0.5, 0.6) is 11.5 Å². The molecule has 2 aromatic rings. The van der Waals surface area contributed by atoms with Gasteiger partial charge < -0.3 is 9.84 Å². The van der Waals surface area contributed by atoms with Crippen LogP contribution in [-0.2, 0) is 9.59 Å². The van der Waals surface area contributed by atoms with E-state index in [1.54, 1.807) is 31.2 Å². The molecule has 2 aromatic carbocycles. The molecule has 0 bridgehead atoms. The lowest BCUT2D eigenvalue weighted by Gasteiger charge is -2.27. The van der Waals surface area contributed by atoms with E-state index < -0.39 is 17.8 Å². The molecule has 0 spiro atoms. The van der Waals surface area contributed by atoms with Crippen LogP contribution < -0.4 is 15.0 Å². The highest BCUT2D eigenvalue weighted by molar-refractivity contribution is 9.10. The summed E-state index contributed by atoms with van der Waals surface area (Å²) in [6.07, 6.45) is 1.24. The van der Waals surface area contributed by atoms with E-state index in [0.29, 0.717) is 16.8 Å². The van der Waals surface area contributed by atoms with E-state index in [4.69, 9.17) is 4.74 Å². The number of hydrogen-bond acceptors (Lipinski definition) is 5. The summed E-state index contributed by atoms with van der Waals surface area (Å²) in [5, 5.41) is 12.6. The number of aromatic hydroxyl groups is 1. The van der Waals surface area contributed by atoms with Crippen LogP contribution in [0.3, 0.4) is 0 Å².